The minimum Gasteiger partial charge on any atom is -0.356 e. The van der Waals surface area contributed by atoms with Gasteiger partial charge in [-0.05, 0) is 30.5 Å². The molecule has 3 rings (SSSR count). The number of fused-ring (bicyclic) bond motifs is 1. The van der Waals surface area contributed by atoms with E-state index in [9.17, 15) is 4.79 Å². The highest BCUT2D eigenvalue weighted by Crippen LogP contribution is 2.19. The van der Waals surface area contributed by atoms with Crippen molar-refractivity contribution in [3.63, 3.8) is 0 Å². The number of aromatic nitrogens is 2. The van der Waals surface area contributed by atoms with E-state index in [0.29, 0.717) is 13.0 Å². The van der Waals surface area contributed by atoms with Gasteiger partial charge in [-0.2, -0.15) is 0 Å². The Bertz CT molecular complexity index is 1060. The lowest BCUT2D eigenvalue weighted by Gasteiger charge is -2.10. The molecule has 0 aliphatic rings. The van der Waals surface area contributed by atoms with Gasteiger partial charge in [-0.15, -0.1) is 0 Å². The van der Waals surface area contributed by atoms with Gasteiger partial charge in [-0.3, -0.25) is 4.79 Å². The van der Waals surface area contributed by atoms with Crippen molar-refractivity contribution in [1.82, 2.24) is 14.9 Å². The van der Waals surface area contributed by atoms with Gasteiger partial charge in [0.15, 0.2) is 0 Å². The molecule has 0 spiro atoms. The third-order valence-corrected chi connectivity index (χ3v) is 8.12. The highest BCUT2D eigenvalue weighted by Gasteiger charge is 2.11. The summed E-state index contributed by atoms with van der Waals surface area (Å²) in [5.74, 6) is 1.20. The van der Waals surface area contributed by atoms with Crippen LogP contribution >= 0.6 is 0 Å². The van der Waals surface area contributed by atoms with E-state index in [1.807, 2.05) is 18.2 Å². The first kappa shape index (κ1) is 31.9. The summed E-state index contributed by atoms with van der Waals surface area (Å²) in [6.45, 7) is 3.94. The van der Waals surface area contributed by atoms with Crippen LogP contribution in [0.3, 0.4) is 0 Å². The van der Waals surface area contributed by atoms with Crippen LogP contribution in [0.25, 0.3) is 11.0 Å². The van der Waals surface area contributed by atoms with Gasteiger partial charge in [-0.1, -0.05) is 146 Å². The average Bonchev–Trinajstić information content (AvgIpc) is 3.33. The number of hydrogen-bond donors (Lipinski definition) is 1. The van der Waals surface area contributed by atoms with Crippen molar-refractivity contribution in [3.05, 3.63) is 66.0 Å². The van der Waals surface area contributed by atoms with E-state index >= 15 is 0 Å². The average molecular weight is 546 g/mol. The standard InChI is InChI=1S/C36H55N3O/c1-2-3-4-5-6-7-8-9-10-11-12-13-14-15-16-22-31-39-34-26-21-20-25-33(34)38-35(39)29-30-37-36(40)28-27-32-23-18-17-19-24-32/h17-21,23-26H,2-16,22,27-31H2,1H3,(H,37,40). The molecule has 2 aromatic carbocycles. The molecule has 0 atom stereocenters. The Morgan fingerprint density at radius 3 is 1.85 bits per heavy atom. The number of benzene rings is 2. The fraction of sp³-hybridized carbons (Fsp3) is 0.611. The van der Waals surface area contributed by atoms with Crippen LogP contribution in [0.4, 0.5) is 0 Å². The lowest BCUT2D eigenvalue weighted by Crippen LogP contribution is -2.26. The highest BCUT2D eigenvalue weighted by molar-refractivity contribution is 5.77. The van der Waals surface area contributed by atoms with Crippen molar-refractivity contribution >= 4 is 16.9 Å². The Morgan fingerprint density at radius 1 is 0.675 bits per heavy atom. The molecule has 0 aliphatic heterocycles. The Labute approximate surface area is 244 Å². The molecule has 1 amide bonds. The molecule has 220 valence electrons. The summed E-state index contributed by atoms with van der Waals surface area (Å²) in [7, 11) is 0. The van der Waals surface area contributed by atoms with Gasteiger partial charge in [0.2, 0.25) is 5.91 Å². The van der Waals surface area contributed by atoms with E-state index in [0.717, 1.165) is 30.7 Å². The van der Waals surface area contributed by atoms with Gasteiger partial charge in [0.1, 0.15) is 5.82 Å². The summed E-state index contributed by atoms with van der Waals surface area (Å²) in [6.07, 6.45) is 24.3. The summed E-state index contributed by atoms with van der Waals surface area (Å²) in [5, 5.41) is 3.10. The van der Waals surface area contributed by atoms with E-state index in [1.54, 1.807) is 0 Å². The largest absolute Gasteiger partial charge is 0.356 e. The smallest absolute Gasteiger partial charge is 0.220 e. The zero-order chi connectivity index (χ0) is 28.1. The molecule has 0 saturated heterocycles. The molecule has 0 bridgehead atoms. The SMILES string of the molecule is CCCCCCCCCCCCCCCCCCn1c(CCNC(=O)CCc2ccccc2)nc2ccccc21. The number of nitrogens with zero attached hydrogens (tertiary/aromatic N) is 2. The third kappa shape index (κ3) is 12.7. The number of nitrogens with one attached hydrogen (secondary N) is 1. The molecule has 4 nitrogen and oxygen atoms in total. The number of imidazole rings is 1. The summed E-state index contributed by atoms with van der Waals surface area (Å²) in [6, 6.07) is 18.7. The van der Waals surface area contributed by atoms with Crippen molar-refractivity contribution in [2.45, 2.75) is 135 Å². The van der Waals surface area contributed by atoms with Crippen molar-refractivity contribution in [3.8, 4) is 0 Å². The Balaban J connectivity index is 1.26. The van der Waals surface area contributed by atoms with Crippen LogP contribution in [0.1, 0.15) is 127 Å². The lowest BCUT2D eigenvalue weighted by atomic mass is 10.0. The molecule has 4 heteroatoms. The maximum atomic E-state index is 12.4. The Kier molecular flexibility index (Phi) is 16.2. The maximum Gasteiger partial charge on any atom is 0.220 e. The van der Waals surface area contributed by atoms with Gasteiger partial charge in [-0.25, -0.2) is 4.98 Å². The monoisotopic (exact) mass is 545 g/mol. The van der Waals surface area contributed by atoms with Crippen molar-refractivity contribution in [2.24, 2.45) is 0 Å². The van der Waals surface area contributed by atoms with Crippen molar-refractivity contribution < 1.29 is 4.79 Å². The number of rotatable bonds is 23. The normalized spacial score (nSPS) is 11.3. The van der Waals surface area contributed by atoms with E-state index in [-0.39, 0.29) is 5.91 Å². The van der Waals surface area contributed by atoms with E-state index in [1.165, 1.54) is 114 Å². The second-order valence-electron chi connectivity index (χ2n) is 11.6. The quantitative estimate of drug-likeness (QED) is 0.121. The van der Waals surface area contributed by atoms with Crippen LogP contribution in [0.2, 0.25) is 0 Å². The summed E-state index contributed by atoms with van der Waals surface area (Å²) in [5.41, 5.74) is 3.48. The molecule has 0 radical (unpaired) electrons. The van der Waals surface area contributed by atoms with Crippen LogP contribution in [0, 0.1) is 0 Å². The molecular formula is C36H55N3O. The molecule has 40 heavy (non-hydrogen) atoms. The van der Waals surface area contributed by atoms with Gasteiger partial charge >= 0.3 is 0 Å². The number of aryl methyl sites for hydroxylation is 2. The Morgan fingerprint density at radius 2 is 1.23 bits per heavy atom. The number of carbonyl (C=O) groups is 1. The van der Waals surface area contributed by atoms with Gasteiger partial charge in [0, 0.05) is 25.9 Å². The molecule has 3 aromatic rings. The van der Waals surface area contributed by atoms with Crippen LogP contribution in [0.5, 0.6) is 0 Å². The zero-order valence-corrected chi connectivity index (χ0v) is 25.3. The first-order valence-electron chi connectivity index (χ1n) is 16.5. The first-order chi connectivity index (χ1) is 19.8. The predicted octanol–water partition coefficient (Wildman–Crippen LogP) is 9.59. The van der Waals surface area contributed by atoms with E-state index in [4.69, 9.17) is 4.98 Å². The fourth-order valence-corrected chi connectivity index (χ4v) is 5.69. The van der Waals surface area contributed by atoms with E-state index in [2.05, 4.69) is 53.2 Å². The summed E-state index contributed by atoms with van der Waals surface area (Å²) >= 11 is 0. The first-order valence-corrected chi connectivity index (χ1v) is 16.5. The van der Waals surface area contributed by atoms with Crippen LogP contribution in [0.15, 0.2) is 54.6 Å². The van der Waals surface area contributed by atoms with Crippen LogP contribution in [-0.4, -0.2) is 22.0 Å². The Hall–Kier alpha value is -2.62. The molecule has 1 aromatic heterocycles. The molecule has 1 N–H and O–H groups in total. The molecular weight excluding hydrogens is 490 g/mol. The molecule has 0 fully saturated rings. The topological polar surface area (TPSA) is 46.9 Å². The van der Waals surface area contributed by atoms with Crippen molar-refractivity contribution in [2.75, 3.05) is 6.54 Å². The molecule has 0 aliphatic carbocycles. The van der Waals surface area contributed by atoms with Crippen molar-refractivity contribution in [1.29, 1.82) is 0 Å². The number of carbonyl (C=O) groups excluding carboxylic acids is 1. The van der Waals surface area contributed by atoms with Gasteiger partial charge in [0.05, 0.1) is 11.0 Å². The second kappa shape index (κ2) is 20.3. The molecule has 0 unspecified atom stereocenters. The van der Waals surface area contributed by atoms with E-state index < -0.39 is 0 Å². The predicted molar refractivity (Wildman–Crippen MR) is 171 cm³/mol. The molecule has 1 heterocycles. The van der Waals surface area contributed by atoms with Gasteiger partial charge in [0.25, 0.3) is 0 Å². The zero-order valence-electron chi connectivity index (χ0n) is 25.3. The number of hydrogen-bond acceptors (Lipinski definition) is 2. The van der Waals surface area contributed by atoms with Crippen LogP contribution in [-0.2, 0) is 24.2 Å². The fourth-order valence-electron chi connectivity index (χ4n) is 5.69. The minimum absolute atomic E-state index is 0.115. The summed E-state index contributed by atoms with van der Waals surface area (Å²) in [4.78, 5) is 17.3. The molecule has 0 saturated carbocycles. The summed E-state index contributed by atoms with van der Waals surface area (Å²) < 4.78 is 2.38. The second-order valence-corrected chi connectivity index (χ2v) is 11.6. The van der Waals surface area contributed by atoms with Crippen LogP contribution < -0.4 is 5.32 Å². The third-order valence-electron chi connectivity index (χ3n) is 8.12. The highest BCUT2D eigenvalue weighted by atomic mass is 16.1. The minimum atomic E-state index is 0.115. The number of amides is 1. The number of unbranched alkanes of at least 4 members (excludes halogenated alkanes) is 15. The lowest BCUT2D eigenvalue weighted by molar-refractivity contribution is -0.121. The maximum absolute atomic E-state index is 12.4. The van der Waals surface area contributed by atoms with Gasteiger partial charge < -0.3 is 9.88 Å². The number of para-hydroxylation sites is 2.